The Balaban J connectivity index is 2.40. The van der Waals surface area contributed by atoms with Crippen molar-refractivity contribution in [2.45, 2.75) is 13.8 Å². The van der Waals surface area contributed by atoms with E-state index in [1.54, 1.807) is 12.3 Å². The molecule has 2 rings (SSSR count). The number of aromatic nitrogens is 2. The maximum atomic E-state index is 6.12. The van der Waals surface area contributed by atoms with E-state index in [9.17, 15) is 0 Å². The summed E-state index contributed by atoms with van der Waals surface area (Å²) in [6.45, 7) is 3.79. The van der Waals surface area contributed by atoms with E-state index in [0.29, 0.717) is 15.9 Å². The Labute approximate surface area is 120 Å². The fraction of sp³-hybridized carbons (Fsp3) is 0.167. The van der Waals surface area contributed by atoms with E-state index in [4.69, 9.17) is 34.8 Å². The summed E-state index contributed by atoms with van der Waals surface area (Å²) < 4.78 is 0. The van der Waals surface area contributed by atoms with Gasteiger partial charge in [0, 0.05) is 16.8 Å². The Bertz CT molecular complexity index is 599. The zero-order valence-electron chi connectivity index (χ0n) is 9.76. The van der Waals surface area contributed by atoms with Gasteiger partial charge in [0.15, 0.2) is 0 Å². The standard InChI is InChI=1S/C12H10Cl3N3/c1-6-3-10(9(14)4-8(6)13)17-11-7(2)5-16-12(15)18-11/h3-5H,1-2H3,(H,16,17,18). The molecule has 0 atom stereocenters. The monoisotopic (exact) mass is 301 g/mol. The highest BCUT2D eigenvalue weighted by Gasteiger charge is 2.08. The largest absolute Gasteiger partial charge is 0.339 e. The highest BCUT2D eigenvalue weighted by Crippen LogP contribution is 2.31. The molecule has 0 fully saturated rings. The minimum atomic E-state index is 0.185. The van der Waals surface area contributed by atoms with Gasteiger partial charge in [0.2, 0.25) is 5.28 Å². The van der Waals surface area contributed by atoms with Crippen molar-refractivity contribution < 1.29 is 0 Å². The molecule has 0 bridgehead atoms. The predicted octanol–water partition coefficient (Wildman–Crippen LogP) is 4.80. The molecule has 94 valence electrons. The lowest BCUT2D eigenvalue weighted by molar-refractivity contribution is 1.13. The van der Waals surface area contributed by atoms with Crippen LogP contribution in [-0.4, -0.2) is 9.97 Å². The molecule has 0 saturated heterocycles. The van der Waals surface area contributed by atoms with E-state index >= 15 is 0 Å². The molecule has 3 nitrogen and oxygen atoms in total. The Hall–Kier alpha value is -1.03. The first-order valence-electron chi connectivity index (χ1n) is 5.19. The number of hydrogen-bond acceptors (Lipinski definition) is 3. The van der Waals surface area contributed by atoms with E-state index in [0.717, 1.165) is 16.8 Å². The van der Waals surface area contributed by atoms with Crippen LogP contribution < -0.4 is 5.32 Å². The molecule has 0 aliphatic rings. The van der Waals surface area contributed by atoms with Gasteiger partial charge in [0.1, 0.15) is 5.82 Å². The van der Waals surface area contributed by atoms with Crippen LogP contribution in [0.25, 0.3) is 0 Å². The molecule has 1 aromatic heterocycles. The summed E-state index contributed by atoms with van der Waals surface area (Å²) >= 11 is 17.9. The molecule has 1 aromatic carbocycles. The molecule has 0 amide bonds. The van der Waals surface area contributed by atoms with Crippen molar-refractivity contribution in [2.24, 2.45) is 0 Å². The van der Waals surface area contributed by atoms with Gasteiger partial charge in [-0.3, -0.25) is 0 Å². The fourth-order valence-corrected chi connectivity index (χ4v) is 1.99. The first-order chi connectivity index (χ1) is 8.47. The van der Waals surface area contributed by atoms with Gasteiger partial charge in [-0.1, -0.05) is 23.2 Å². The second-order valence-electron chi connectivity index (χ2n) is 3.88. The molecule has 18 heavy (non-hydrogen) atoms. The van der Waals surface area contributed by atoms with Gasteiger partial charge < -0.3 is 5.32 Å². The van der Waals surface area contributed by atoms with E-state index < -0.39 is 0 Å². The van der Waals surface area contributed by atoms with Crippen molar-refractivity contribution in [3.63, 3.8) is 0 Å². The summed E-state index contributed by atoms with van der Waals surface area (Å²) in [5, 5.41) is 4.46. The maximum absolute atomic E-state index is 6.12. The van der Waals surface area contributed by atoms with Crippen LogP contribution in [0.3, 0.4) is 0 Å². The Morgan fingerprint density at radius 2 is 1.72 bits per heavy atom. The molecule has 2 aromatic rings. The van der Waals surface area contributed by atoms with Crippen LogP contribution in [0.4, 0.5) is 11.5 Å². The number of aryl methyl sites for hydroxylation is 2. The zero-order valence-corrected chi connectivity index (χ0v) is 12.0. The molecular formula is C12H10Cl3N3. The van der Waals surface area contributed by atoms with Gasteiger partial charge in [0.05, 0.1) is 10.7 Å². The molecule has 1 N–H and O–H groups in total. The van der Waals surface area contributed by atoms with Crippen LogP contribution >= 0.6 is 34.8 Å². The lowest BCUT2D eigenvalue weighted by Crippen LogP contribution is -1.99. The van der Waals surface area contributed by atoms with Crippen LogP contribution in [0.2, 0.25) is 15.3 Å². The number of hydrogen-bond donors (Lipinski definition) is 1. The van der Waals surface area contributed by atoms with Crippen LogP contribution in [0, 0.1) is 13.8 Å². The molecular weight excluding hydrogens is 293 g/mol. The van der Waals surface area contributed by atoms with Crippen molar-refractivity contribution in [3.05, 3.63) is 44.8 Å². The SMILES string of the molecule is Cc1cc(Nc2nc(Cl)ncc2C)c(Cl)cc1Cl. The molecule has 1 heterocycles. The van der Waals surface area contributed by atoms with Crippen molar-refractivity contribution in [1.29, 1.82) is 0 Å². The Kier molecular flexibility index (Phi) is 3.95. The number of nitrogens with zero attached hydrogens (tertiary/aromatic N) is 2. The summed E-state index contributed by atoms with van der Waals surface area (Å²) in [5.41, 5.74) is 2.54. The lowest BCUT2D eigenvalue weighted by Gasteiger charge is -2.11. The molecule has 6 heteroatoms. The second-order valence-corrected chi connectivity index (χ2v) is 5.03. The van der Waals surface area contributed by atoms with Crippen LogP contribution in [0.5, 0.6) is 0 Å². The third-order valence-corrected chi connectivity index (χ3v) is 3.35. The number of halogens is 3. The summed E-state index contributed by atoms with van der Waals surface area (Å²) in [5.74, 6) is 0.624. The second kappa shape index (κ2) is 5.31. The summed E-state index contributed by atoms with van der Waals surface area (Å²) in [6.07, 6.45) is 1.65. The van der Waals surface area contributed by atoms with Crippen LogP contribution in [-0.2, 0) is 0 Å². The number of rotatable bonds is 2. The van der Waals surface area contributed by atoms with Crippen LogP contribution in [0.15, 0.2) is 18.3 Å². The molecule has 0 aliphatic carbocycles. The molecule has 0 aliphatic heterocycles. The highest BCUT2D eigenvalue weighted by molar-refractivity contribution is 6.36. The van der Waals surface area contributed by atoms with Crippen molar-refractivity contribution >= 4 is 46.3 Å². The quantitative estimate of drug-likeness (QED) is 0.810. The van der Waals surface area contributed by atoms with Gasteiger partial charge in [0.25, 0.3) is 0 Å². The Morgan fingerprint density at radius 3 is 2.44 bits per heavy atom. The molecule has 0 spiro atoms. The lowest BCUT2D eigenvalue weighted by atomic mass is 10.2. The predicted molar refractivity (Wildman–Crippen MR) is 76.3 cm³/mol. The van der Waals surface area contributed by atoms with Crippen LogP contribution in [0.1, 0.15) is 11.1 Å². The first-order valence-corrected chi connectivity index (χ1v) is 6.32. The Morgan fingerprint density at radius 1 is 1.00 bits per heavy atom. The molecule has 0 radical (unpaired) electrons. The third-order valence-electron chi connectivity index (χ3n) is 2.44. The number of nitrogens with one attached hydrogen (secondary N) is 1. The van der Waals surface area contributed by atoms with E-state index in [1.807, 2.05) is 19.9 Å². The van der Waals surface area contributed by atoms with Gasteiger partial charge >= 0.3 is 0 Å². The summed E-state index contributed by atoms with van der Waals surface area (Å²) in [6, 6.07) is 3.55. The normalized spacial score (nSPS) is 10.5. The maximum Gasteiger partial charge on any atom is 0.224 e. The number of benzene rings is 1. The van der Waals surface area contributed by atoms with Gasteiger partial charge in [-0.25, -0.2) is 9.97 Å². The fourth-order valence-electron chi connectivity index (χ4n) is 1.43. The van der Waals surface area contributed by atoms with E-state index in [-0.39, 0.29) is 5.28 Å². The van der Waals surface area contributed by atoms with E-state index in [2.05, 4.69) is 15.3 Å². The number of anilines is 2. The minimum absolute atomic E-state index is 0.185. The van der Waals surface area contributed by atoms with Crippen molar-refractivity contribution in [1.82, 2.24) is 9.97 Å². The summed E-state index contributed by atoms with van der Waals surface area (Å²) in [7, 11) is 0. The zero-order chi connectivity index (χ0) is 13.3. The average molecular weight is 303 g/mol. The molecule has 0 unspecified atom stereocenters. The van der Waals surface area contributed by atoms with Gasteiger partial charge in [-0.2, -0.15) is 0 Å². The van der Waals surface area contributed by atoms with Crippen molar-refractivity contribution in [2.75, 3.05) is 5.32 Å². The third kappa shape index (κ3) is 2.86. The summed E-state index contributed by atoms with van der Waals surface area (Å²) in [4.78, 5) is 8.01. The topological polar surface area (TPSA) is 37.8 Å². The average Bonchev–Trinajstić information content (AvgIpc) is 2.30. The van der Waals surface area contributed by atoms with E-state index in [1.165, 1.54) is 0 Å². The van der Waals surface area contributed by atoms with Gasteiger partial charge in [-0.05, 0) is 43.1 Å². The smallest absolute Gasteiger partial charge is 0.224 e. The highest BCUT2D eigenvalue weighted by atomic mass is 35.5. The van der Waals surface area contributed by atoms with Crippen molar-refractivity contribution in [3.8, 4) is 0 Å². The first kappa shape index (κ1) is 13.4. The van der Waals surface area contributed by atoms with Gasteiger partial charge in [-0.15, -0.1) is 0 Å². The molecule has 0 saturated carbocycles. The minimum Gasteiger partial charge on any atom is -0.339 e.